The van der Waals surface area contributed by atoms with Gasteiger partial charge >= 0.3 is 5.97 Å². The first-order valence-corrected chi connectivity index (χ1v) is 6.13. The van der Waals surface area contributed by atoms with Crippen LogP contribution in [0.3, 0.4) is 0 Å². The zero-order valence-corrected chi connectivity index (χ0v) is 10.7. The van der Waals surface area contributed by atoms with Crippen molar-refractivity contribution in [2.24, 2.45) is 0 Å². The van der Waals surface area contributed by atoms with Gasteiger partial charge in [-0.3, -0.25) is 0 Å². The van der Waals surface area contributed by atoms with Crippen molar-refractivity contribution in [2.75, 3.05) is 13.2 Å². The van der Waals surface area contributed by atoms with Gasteiger partial charge in [0.25, 0.3) is 0 Å². The topological polar surface area (TPSA) is 55.8 Å². The summed E-state index contributed by atoms with van der Waals surface area (Å²) in [6, 6.07) is 9.03. The van der Waals surface area contributed by atoms with Gasteiger partial charge in [0, 0.05) is 6.42 Å². The predicted molar refractivity (Wildman–Crippen MR) is 65.9 cm³/mol. The molecule has 0 aromatic heterocycles. The Labute approximate surface area is 107 Å². The molecule has 0 unspecified atom stereocenters. The van der Waals surface area contributed by atoms with Gasteiger partial charge in [-0.15, -0.1) is 0 Å². The molecule has 4 heteroatoms. The normalized spacial score (nSPS) is 31.3. The molecular formula is C14H18O4. The number of hydrogen-bond acceptors (Lipinski definition) is 4. The fourth-order valence-electron chi connectivity index (χ4n) is 2.43. The van der Waals surface area contributed by atoms with Crippen LogP contribution in [0.15, 0.2) is 30.3 Å². The Morgan fingerprint density at radius 3 is 2.61 bits per heavy atom. The van der Waals surface area contributed by atoms with Crippen molar-refractivity contribution in [3.05, 3.63) is 35.9 Å². The summed E-state index contributed by atoms with van der Waals surface area (Å²) < 4.78 is 10.7. The van der Waals surface area contributed by atoms with E-state index in [4.69, 9.17) is 9.47 Å². The van der Waals surface area contributed by atoms with E-state index in [-0.39, 0.29) is 6.61 Å². The summed E-state index contributed by atoms with van der Waals surface area (Å²) in [6.45, 7) is 3.94. The first-order valence-electron chi connectivity index (χ1n) is 6.13. The van der Waals surface area contributed by atoms with E-state index < -0.39 is 17.2 Å². The van der Waals surface area contributed by atoms with Crippen LogP contribution in [0.5, 0.6) is 0 Å². The maximum absolute atomic E-state index is 12.3. The largest absolute Gasteiger partial charge is 0.464 e. The Morgan fingerprint density at radius 1 is 1.44 bits per heavy atom. The maximum Gasteiger partial charge on any atom is 0.346 e. The number of carbonyl (C=O) groups excluding carboxylic acids is 1. The van der Waals surface area contributed by atoms with E-state index in [0.717, 1.165) is 0 Å². The summed E-state index contributed by atoms with van der Waals surface area (Å²) in [5, 5.41) is 10.5. The molecule has 1 fully saturated rings. The molecule has 1 aromatic carbocycles. The molecule has 1 N–H and O–H groups in total. The molecule has 2 rings (SSSR count). The Hall–Kier alpha value is -1.39. The quantitative estimate of drug-likeness (QED) is 0.828. The first-order chi connectivity index (χ1) is 8.54. The lowest BCUT2D eigenvalue weighted by molar-refractivity contribution is -0.188. The highest BCUT2D eigenvalue weighted by Crippen LogP contribution is 2.45. The van der Waals surface area contributed by atoms with Crippen LogP contribution in [0, 0.1) is 0 Å². The fourth-order valence-corrected chi connectivity index (χ4v) is 2.43. The summed E-state index contributed by atoms with van der Waals surface area (Å²) in [5.74, 6) is -0.529. The summed E-state index contributed by atoms with van der Waals surface area (Å²) in [7, 11) is 0. The van der Waals surface area contributed by atoms with E-state index in [9.17, 15) is 9.90 Å². The number of carbonyl (C=O) groups is 1. The summed E-state index contributed by atoms with van der Waals surface area (Å²) in [4.78, 5) is 12.3. The standard InChI is InChI=1S/C14H18O4/c1-3-17-12(15)14(11-7-5-4-6-8-11)13(2,16)9-10-18-14/h4-8,16H,3,9-10H2,1-2H3/t13-,14-/m1/s1. The van der Waals surface area contributed by atoms with E-state index in [1.54, 1.807) is 26.0 Å². The molecule has 0 bridgehead atoms. The van der Waals surface area contributed by atoms with Gasteiger partial charge in [0.2, 0.25) is 5.60 Å². The minimum absolute atomic E-state index is 0.257. The SMILES string of the molecule is CCOC(=O)[C@@]1(c2ccccc2)OCC[C@@]1(C)O. The van der Waals surface area contributed by atoms with Gasteiger partial charge in [-0.25, -0.2) is 4.79 Å². The van der Waals surface area contributed by atoms with Crippen molar-refractivity contribution >= 4 is 5.97 Å². The maximum atomic E-state index is 12.3. The van der Waals surface area contributed by atoms with Crippen LogP contribution >= 0.6 is 0 Å². The average Bonchev–Trinajstić information content (AvgIpc) is 2.67. The van der Waals surface area contributed by atoms with Crippen molar-refractivity contribution in [3.8, 4) is 0 Å². The zero-order valence-electron chi connectivity index (χ0n) is 10.7. The third kappa shape index (κ3) is 1.82. The molecular weight excluding hydrogens is 232 g/mol. The molecule has 98 valence electrons. The Bertz CT molecular complexity index is 427. The van der Waals surface area contributed by atoms with Crippen LogP contribution < -0.4 is 0 Å². The van der Waals surface area contributed by atoms with Gasteiger partial charge in [-0.05, 0) is 19.4 Å². The molecule has 1 aliphatic heterocycles. The molecule has 0 amide bonds. The molecule has 4 nitrogen and oxygen atoms in total. The van der Waals surface area contributed by atoms with E-state index in [1.807, 2.05) is 18.2 Å². The van der Waals surface area contributed by atoms with Gasteiger partial charge in [-0.2, -0.15) is 0 Å². The van der Waals surface area contributed by atoms with Gasteiger partial charge in [0.1, 0.15) is 5.60 Å². The number of ether oxygens (including phenoxy) is 2. The van der Waals surface area contributed by atoms with Crippen molar-refractivity contribution in [3.63, 3.8) is 0 Å². The van der Waals surface area contributed by atoms with Crippen LogP contribution in [0.2, 0.25) is 0 Å². The highest BCUT2D eigenvalue weighted by molar-refractivity contribution is 5.83. The Balaban J connectivity index is 2.51. The van der Waals surface area contributed by atoms with Crippen molar-refractivity contribution in [2.45, 2.75) is 31.5 Å². The molecule has 18 heavy (non-hydrogen) atoms. The molecule has 1 heterocycles. The van der Waals surface area contributed by atoms with Crippen LogP contribution in [0.25, 0.3) is 0 Å². The monoisotopic (exact) mass is 250 g/mol. The average molecular weight is 250 g/mol. The smallest absolute Gasteiger partial charge is 0.346 e. The molecule has 0 saturated carbocycles. The molecule has 1 aromatic rings. The third-order valence-corrected chi connectivity index (χ3v) is 3.41. The molecule has 2 atom stereocenters. The van der Waals surface area contributed by atoms with Crippen molar-refractivity contribution in [1.29, 1.82) is 0 Å². The van der Waals surface area contributed by atoms with Gasteiger partial charge < -0.3 is 14.6 Å². The fraction of sp³-hybridized carbons (Fsp3) is 0.500. The zero-order chi connectivity index (χ0) is 13.2. The van der Waals surface area contributed by atoms with Crippen molar-refractivity contribution < 1.29 is 19.4 Å². The minimum Gasteiger partial charge on any atom is -0.464 e. The Morgan fingerprint density at radius 2 is 2.11 bits per heavy atom. The van der Waals surface area contributed by atoms with E-state index in [2.05, 4.69) is 0 Å². The second-order valence-electron chi connectivity index (χ2n) is 4.64. The summed E-state index contributed by atoms with van der Waals surface area (Å²) in [5.41, 5.74) is -2.05. The lowest BCUT2D eigenvalue weighted by Gasteiger charge is -2.36. The molecule has 1 saturated heterocycles. The lowest BCUT2D eigenvalue weighted by atomic mass is 9.78. The summed E-state index contributed by atoms with van der Waals surface area (Å²) >= 11 is 0. The van der Waals surface area contributed by atoms with Crippen LogP contribution in [0.1, 0.15) is 25.8 Å². The van der Waals surface area contributed by atoms with E-state index >= 15 is 0 Å². The predicted octanol–water partition coefficient (Wildman–Crippen LogP) is 1.62. The molecule has 1 aliphatic rings. The molecule has 0 spiro atoms. The number of rotatable bonds is 3. The number of hydrogen-bond donors (Lipinski definition) is 1. The van der Waals surface area contributed by atoms with Gasteiger partial charge in [-0.1, -0.05) is 30.3 Å². The minimum atomic E-state index is -1.41. The van der Waals surface area contributed by atoms with E-state index in [0.29, 0.717) is 18.6 Å². The highest BCUT2D eigenvalue weighted by Gasteiger charge is 2.60. The lowest BCUT2D eigenvalue weighted by Crippen LogP contribution is -2.53. The second-order valence-corrected chi connectivity index (χ2v) is 4.64. The van der Waals surface area contributed by atoms with Crippen LogP contribution in [0.4, 0.5) is 0 Å². The Kier molecular flexibility index (Phi) is 3.41. The highest BCUT2D eigenvalue weighted by atomic mass is 16.6. The van der Waals surface area contributed by atoms with Crippen LogP contribution in [-0.2, 0) is 19.9 Å². The second kappa shape index (κ2) is 4.71. The number of esters is 1. The first kappa shape index (κ1) is 13.1. The number of aliphatic hydroxyl groups is 1. The third-order valence-electron chi connectivity index (χ3n) is 3.41. The van der Waals surface area contributed by atoms with E-state index in [1.165, 1.54) is 0 Å². The number of benzene rings is 1. The summed E-state index contributed by atoms with van der Waals surface area (Å²) in [6.07, 6.45) is 0.403. The van der Waals surface area contributed by atoms with Gasteiger partial charge in [0.15, 0.2) is 0 Å². The molecule has 0 radical (unpaired) electrons. The van der Waals surface area contributed by atoms with Crippen LogP contribution in [-0.4, -0.2) is 29.9 Å². The van der Waals surface area contributed by atoms with Crippen molar-refractivity contribution in [1.82, 2.24) is 0 Å². The van der Waals surface area contributed by atoms with Gasteiger partial charge in [0.05, 0.1) is 13.2 Å². The molecule has 0 aliphatic carbocycles.